The molecule has 0 saturated heterocycles. The minimum atomic E-state index is -1.60. The molecule has 0 bridgehead atoms. The first-order valence-electron chi connectivity index (χ1n) is 10.0. The van der Waals surface area contributed by atoms with E-state index in [1.165, 1.54) is 0 Å². The third-order valence-corrected chi connectivity index (χ3v) is 5.26. The average molecular weight is 453 g/mol. The van der Waals surface area contributed by atoms with Crippen molar-refractivity contribution in [3.8, 4) is 0 Å². The first-order chi connectivity index (χ1) is 15.9. The molecule has 0 aliphatic heterocycles. The van der Waals surface area contributed by atoms with Gasteiger partial charge in [0.05, 0.1) is 5.56 Å². The van der Waals surface area contributed by atoms with Gasteiger partial charge in [-0.15, -0.1) is 0 Å². The van der Waals surface area contributed by atoms with E-state index in [9.17, 15) is 19.1 Å². The molecular formula is C24H18F3N3O3. The fraction of sp³-hybridized carbons (Fsp3) is 0.125. The lowest BCUT2D eigenvalue weighted by Gasteiger charge is -2.26. The molecule has 1 aliphatic rings. The number of Topliss-reactive ketones (excluding diaryl/α,β-unsaturated/α-hetero) is 1. The summed E-state index contributed by atoms with van der Waals surface area (Å²) in [7, 11) is 0. The standard InChI is InChI=1S/C24H18F3N3O3/c25-19-18-17(14(13-6-2-1-3-7-13)12-15(23(18)31)24(32)33)20(26)22(21(19)27)30-11-10-29-16-8-4-5-9-28-16/h1-9,12,14,30H,10-11H2,(H,28,29)(H,32,33). The predicted molar refractivity (Wildman–Crippen MR) is 116 cm³/mol. The van der Waals surface area contributed by atoms with Gasteiger partial charge in [0.2, 0.25) is 5.78 Å². The SMILES string of the molecule is O=C(O)C1=CC(c2ccccc2)c2c(F)c(NCCNc3ccccn3)c(F)c(F)c2C1=O. The largest absolute Gasteiger partial charge is 0.478 e. The highest BCUT2D eigenvalue weighted by atomic mass is 19.2. The van der Waals surface area contributed by atoms with Crippen LogP contribution in [0.5, 0.6) is 0 Å². The number of nitrogens with one attached hydrogen (secondary N) is 2. The molecule has 4 rings (SSSR count). The van der Waals surface area contributed by atoms with Crippen molar-refractivity contribution in [2.45, 2.75) is 5.92 Å². The molecule has 0 fully saturated rings. The van der Waals surface area contributed by atoms with E-state index in [4.69, 9.17) is 0 Å². The number of benzene rings is 2. The fourth-order valence-corrected chi connectivity index (χ4v) is 3.75. The maximum absolute atomic E-state index is 15.6. The lowest BCUT2D eigenvalue weighted by molar-refractivity contribution is -0.132. The minimum Gasteiger partial charge on any atom is -0.478 e. The number of aromatic nitrogens is 1. The fourth-order valence-electron chi connectivity index (χ4n) is 3.75. The number of anilines is 2. The van der Waals surface area contributed by atoms with E-state index >= 15 is 8.78 Å². The van der Waals surface area contributed by atoms with Crippen LogP contribution in [0.4, 0.5) is 24.7 Å². The molecule has 0 radical (unpaired) electrons. The van der Waals surface area contributed by atoms with Crippen molar-refractivity contribution in [1.29, 1.82) is 0 Å². The molecule has 1 unspecified atom stereocenters. The number of hydrogen-bond acceptors (Lipinski definition) is 5. The maximum atomic E-state index is 15.6. The number of carboxylic acids is 1. The summed E-state index contributed by atoms with van der Waals surface area (Å²) in [6.45, 7) is 0.238. The Balaban J connectivity index is 1.72. The van der Waals surface area contributed by atoms with Crippen LogP contribution in [0.1, 0.15) is 27.4 Å². The van der Waals surface area contributed by atoms with Crippen molar-refractivity contribution in [2.75, 3.05) is 23.7 Å². The number of halogens is 3. The van der Waals surface area contributed by atoms with Gasteiger partial charge in [0.25, 0.3) is 0 Å². The van der Waals surface area contributed by atoms with Crippen LogP contribution in [-0.2, 0) is 4.79 Å². The topological polar surface area (TPSA) is 91.3 Å². The second-order valence-corrected chi connectivity index (χ2v) is 7.28. The van der Waals surface area contributed by atoms with Gasteiger partial charge in [-0.25, -0.2) is 22.9 Å². The quantitative estimate of drug-likeness (QED) is 0.280. The van der Waals surface area contributed by atoms with Crippen molar-refractivity contribution in [3.05, 3.63) is 101 Å². The lowest BCUT2D eigenvalue weighted by atomic mass is 9.78. The smallest absolute Gasteiger partial charge is 0.339 e. The van der Waals surface area contributed by atoms with Gasteiger partial charge in [-0.2, -0.15) is 0 Å². The van der Waals surface area contributed by atoms with Gasteiger partial charge < -0.3 is 15.7 Å². The summed E-state index contributed by atoms with van der Waals surface area (Å²) in [5, 5.41) is 14.9. The van der Waals surface area contributed by atoms with Crippen molar-refractivity contribution in [1.82, 2.24) is 4.98 Å². The Bertz CT molecular complexity index is 1250. The molecule has 1 atom stereocenters. The van der Waals surface area contributed by atoms with Crippen LogP contribution < -0.4 is 10.6 Å². The number of carboxylic acid groups (broad SMARTS) is 1. The summed E-state index contributed by atoms with van der Waals surface area (Å²) in [5.74, 6) is -7.74. The number of pyridine rings is 1. The summed E-state index contributed by atoms with van der Waals surface area (Å²) in [5.41, 5.74) is -2.35. The van der Waals surface area contributed by atoms with Crippen LogP contribution in [-0.4, -0.2) is 34.9 Å². The number of aliphatic carboxylic acids is 1. The molecule has 1 aromatic heterocycles. The van der Waals surface area contributed by atoms with Crippen molar-refractivity contribution < 1.29 is 27.9 Å². The molecule has 0 spiro atoms. The molecule has 1 heterocycles. The second-order valence-electron chi connectivity index (χ2n) is 7.28. The van der Waals surface area contributed by atoms with Crippen LogP contribution in [0.3, 0.4) is 0 Å². The van der Waals surface area contributed by atoms with Crippen LogP contribution in [0.2, 0.25) is 0 Å². The van der Waals surface area contributed by atoms with Gasteiger partial charge in [-0.3, -0.25) is 4.79 Å². The number of fused-ring (bicyclic) bond motifs is 1. The number of carbonyl (C=O) groups is 2. The Morgan fingerprint density at radius 3 is 2.30 bits per heavy atom. The molecular weight excluding hydrogens is 435 g/mol. The highest BCUT2D eigenvalue weighted by molar-refractivity contribution is 6.25. The monoisotopic (exact) mass is 453 g/mol. The number of carbonyl (C=O) groups excluding carboxylic acids is 1. The first-order valence-corrected chi connectivity index (χ1v) is 10.0. The second kappa shape index (κ2) is 9.15. The summed E-state index contributed by atoms with van der Waals surface area (Å²) in [4.78, 5) is 28.3. The van der Waals surface area contributed by atoms with Gasteiger partial charge in [0, 0.05) is 30.8 Å². The number of nitrogens with zero attached hydrogens (tertiary/aromatic N) is 1. The Kier molecular flexibility index (Phi) is 6.12. The van der Waals surface area contributed by atoms with Crippen LogP contribution in [0.25, 0.3) is 0 Å². The summed E-state index contributed by atoms with van der Waals surface area (Å²) in [6, 6.07) is 13.4. The van der Waals surface area contributed by atoms with Crippen LogP contribution in [0, 0.1) is 17.5 Å². The zero-order valence-electron chi connectivity index (χ0n) is 17.1. The summed E-state index contributed by atoms with van der Waals surface area (Å²) >= 11 is 0. The lowest BCUT2D eigenvalue weighted by Crippen LogP contribution is -2.26. The Hall–Kier alpha value is -4.14. The van der Waals surface area contributed by atoms with E-state index in [0.29, 0.717) is 11.4 Å². The van der Waals surface area contributed by atoms with Crippen LogP contribution in [0.15, 0.2) is 66.4 Å². The number of hydrogen-bond donors (Lipinski definition) is 3. The molecule has 168 valence electrons. The highest BCUT2D eigenvalue weighted by Gasteiger charge is 2.39. The van der Waals surface area contributed by atoms with Gasteiger partial charge in [0.15, 0.2) is 17.5 Å². The molecule has 2 aromatic carbocycles. The molecule has 9 heteroatoms. The molecule has 3 N–H and O–H groups in total. The molecule has 0 saturated carbocycles. The van der Waals surface area contributed by atoms with E-state index in [-0.39, 0.29) is 13.1 Å². The predicted octanol–water partition coefficient (Wildman–Crippen LogP) is 4.36. The van der Waals surface area contributed by atoms with E-state index in [0.717, 1.165) is 6.08 Å². The summed E-state index contributed by atoms with van der Waals surface area (Å²) < 4.78 is 45.4. The third kappa shape index (κ3) is 4.17. The number of ketones is 1. The normalized spacial score (nSPS) is 14.9. The summed E-state index contributed by atoms with van der Waals surface area (Å²) in [6.07, 6.45) is 2.64. The van der Waals surface area contributed by atoms with Gasteiger partial charge in [0.1, 0.15) is 17.1 Å². The minimum absolute atomic E-state index is 0.0167. The van der Waals surface area contributed by atoms with E-state index in [1.54, 1.807) is 54.7 Å². The number of allylic oxidation sites excluding steroid dienone is 1. The first kappa shape index (κ1) is 22.1. The van der Waals surface area contributed by atoms with Crippen LogP contribution >= 0.6 is 0 Å². The third-order valence-electron chi connectivity index (χ3n) is 5.26. The highest BCUT2D eigenvalue weighted by Crippen LogP contribution is 2.41. The Morgan fingerprint density at radius 2 is 1.64 bits per heavy atom. The molecule has 0 amide bonds. The Labute approximate surface area is 186 Å². The maximum Gasteiger partial charge on any atom is 0.339 e. The number of rotatable bonds is 7. The van der Waals surface area contributed by atoms with Gasteiger partial charge in [-0.05, 0) is 17.7 Å². The molecule has 3 aromatic rings. The molecule has 6 nitrogen and oxygen atoms in total. The van der Waals surface area contributed by atoms with Crippen molar-refractivity contribution >= 4 is 23.3 Å². The van der Waals surface area contributed by atoms with E-state index < -0.39 is 57.5 Å². The van der Waals surface area contributed by atoms with Gasteiger partial charge >= 0.3 is 5.97 Å². The zero-order valence-corrected chi connectivity index (χ0v) is 17.1. The van der Waals surface area contributed by atoms with Crippen molar-refractivity contribution in [3.63, 3.8) is 0 Å². The molecule has 33 heavy (non-hydrogen) atoms. The zero-order chi connectivity index (χ0) is 23.5. The Morgan fingerprint density at radius 1 is 0.939 bits per heavy atom. The van der Waals surface area contributed by atoms with Crippen molar-refractivity contribution in [2.24, 2.45) is 0 Å². The molecule has 1 aliphatic carbocycles. The average Bonchev–Trinajstić information content (AvgIpc) is 2.83. The van der Waals surface area contributed by atoms with E-state index in [2.05, 4.69) is 15.6 Å². The van der Waals surface area contributed by atoms with Gasteiger partial charge in [-0.1, -0.05) is 42.5 Å². The van der Waals surface area contributed by atoms with E-state index in [1.807, 2.05) is 0 Å².